The van der Waals surface area contributed by atoms with Gasteiger partial charge in [0.1, 0.15) is 18.2 Å². The summed E-state index contributed by atoms with van der Waals surface area (Å²) in [4.78, 5) is 24.7. The van der Waals surface area contributed by atoms with Crippen molar-refractivity contribution in [2.24, 2.45) is 0 Å². The maximum absolute atomic E-state index is 12.4. The van der Waals surface area contributed by atoms with Gasteiger partial charge in [-0.15, -0.1) is 0 Å². The molecule has 7 heteroatoms. The monoisotopic (exact) mass is 402 g/mol. The van der Waals surface area contributed by atoms with E-state index in [-0.39, 0.29) is 18.0 Å². The average molecular weight is 403 g/mol. The highest BCUT2D eigenvalue weighted by Gasteiger charge is 2.17. The Hall–Kier alpha value is -2.46. The fourth-order valence-corrected chi connectivity index (χ4v) is 3.18. The van der Waals surface area contributed by atoms with Crippen molar-refractivity contribution >= 4 is 27.5 Å². The summed E-state index contributed by atoms with van der Waals surface area (Å²) in [6, 6.07) is 7.51. The van der Waals surface area contributed by atoms with Crippen molar-refractivity contribution in [2.45, 2.75) is 40.2 Å². The smallest absolute Gasteiger partial charge is 0.285 e. The van der Waals surface area contributed by atoms with Gasteiger partial charge in [0.05, 0.1) is 11.4 Å². The zero-order chi connectivity index (χ0) is 18.6. The molecule has 1 heterocycles. The van der Waals surface area contributed by atoms with Gasteiger partial charge in [-0.3, -0.25) is 9.59 Å². The van der Waals surface area contributed by atoms with Crippen molar-refractivity contribution in [3.63, 3.8) is 0 Å². The van der Waals surface area contributed by atoms with E-state index in [0.717, 1.165) is 14.7 Å². The molecular formula is C18H19BrN4O2. The summed E-state index contributed by atoms with van der Waals surface area (Å²) in [5.41, 5.74) is 2.54. The maximum atomic E-state index is 12.4. The molecule has 0 bridgehead atoms. The summed E-state index contributed by atoms with van der Waals surface area (Å²) in [5.74, 6) is -0.380. The molecule has 0 saturated carbocycles. The van der Waals surface area contributed by atoms with Crippen LogP contribution in [0.15, 0.2) is 27.5 Å². The molecule has 0 saturated heterocycles. The molecular weight excluding hydrogens is 384 g/mol. The lowest BCUT2D eigenvalue weighted by molar-refractivity contribution is -0.117. The Morgan fingerprint density at radius 3 is 2.64 bits per heavy atom. The Kier molecular flexibility index (Phi) is 6.10. The Labute approximate surface area is 154 Å². The zero-order valence-corrected chi connectivity index (χ0v) is 16.0. The van der Waals surface area contributed by atoms with Crippen LogP contribution in [0.25, 0.3) is 0 Å². The van der Waals surface area contributed by atoms with Gasteiger partial charge in [0, 0.05) is 4.47 Å². The van der Waals surface area contributed by atoms with Crippen molar-refractivity contribution in [1.29, 1.82) is 5.26 Å². The van der Waals surface area contributed by atoms with Crippen LogP contribution in [-0.2, 0) is 24.2 Å². The fraction of sp³-hybridized carbons (Fsp3) is 0.333. The Morgan fingerprint density at radius 2 is 2.08 bits per heavy atom. The van der Waals surface area contributed by atoms with E-state index >= 15 is 0 Å². The molecule has 0 spiro atoms. The molecule has 0 unspecified atom stereocenters. The quantitative estimate of drug-likeness (QED) is 0.832. The van der Waals surface area contributed by atoms with Gasteiger partial charge < -0.3 is 5.32 Å². The molecule has 0 radical (unpaired) electrons. The predicted molar refractivity (Wildman–Crippen MR) is 99.5 cm³/mol. The van der Waals surface area contributed by atoms with Crippen LogP contribution in [0.5, 0.6) is 0 Å². The highest BCUT2D eigenvalue weighted by molar-refractivity contribution is 9.10. The summed E-state index contributed by atoms with van der Waals surface area (Å²) in [7, 11) is 0. The molecule has 1 aromatic carbocycles. The van der Waals surface area contributed by atoms with Crippen LogP contribution in [0.3, 0.4) is 0 Å². The molecule has 2 rings (SSSR count). The van der Waals surface area contributed by atoms with E-state index in [1.165, 1.54) is 0 Å². The van der Waals surface area contributed by atoms with Crippen molar-refractivity contribution < 1.29 is 4.79 Å². The van der Waals surface area contributed by atoms with Crippen molar-refractivity contribution in [3.05, 3.63) is 55.4 Å². The number of nitrogens with zero attached hydrogens (tertiary/aromatic N) is 3. The number of nitrogens with one attached hydrogen (secondary N) is 1. The lowest BCUT2D eigenvalue weighted by atomic mass is 10.0. The molecule has 1 aromatic heterocycles. The summed E-state index contributed by atoms with van der Waals surface area (Å²) in [6.07, 6.45) is 1.14. The first-order chi connectivity index (χ1) is 11.9. The first-order valence-electron chi connectivity index (χ1n) is 8.00. The number of amides is 1. The second kappa shape index (κ2) is 8.08. The second-order valence-electron chi connectivity index (χ2n) is 5.61. The van der Waals surface area contributed by atoms with Gasteiger partial charge in [-0.1, -0.05) is 19.9 Å². The lowest BCUT2D eigenvalue weighted by Crippen LogP contribution is -2.33. The number of rotatable bonds is 5. The molecule has 130 valence electrons. The van der Waals surface area contributed by atoms with Crippen LogP contribution < -0.4 is 10.9 Å². The minimum atomic E-state index is -0.533. The van der Waals surface area contributed by atoms with Crippen molar-refractivity contribution in [2.75, 3.05) is 5.32 Å². The van der Waals surface area contributed by atoms with Crippen LogP contribution in [0.2, 0.25) is 0 Å². The highest BCUT2D eigenvalue weighted by atomic mass is 79.9. The third-order valence-electron chi connectivity index (χ3n) is 3.83. The van der Waals surface area contributed by atoms with Gasteiger partial charge in [-0.05, 0) is 59.0 Å². The Bertz CT molecular complexity index is 913. The summed E-state index contributed by atoms with van der Waals surface area (Å²) in [6.45, 7) is 5.49. The predicted octanol–water partition coefficient (Wildman–Crippen LogP) is 2.95. The van der Waals surface area contributed by atoms with E-state index in [1.54, 1.807) is 6.07 Å². The molecule has 0 aliphatic heterocycles. The number of aryl methyl sites for hydroxylation is 2. The highest BCUT2D eigenvalue weighted by Crippen LogP contribution is 2.23. The van der Waals surface area contributed by atoms with Gasteiger partial charge in [-0.2, -0.15) is 10.4 Å². The van der Waals surface area contributed by atoms with Crippen molar-refractivity contribution in [3.8, 4) is 6.07 Å². The van der Waals surface area contributed by atoms with Crippen LogP contribution in [0, 0.1) is 18.3 Å². The fourth-order valence-electron chi connectivity index (χ4n) is 2.59. The minimum Gasteiger partial charge on any atom is -0.323 e. The van der Waals surface area contributed by atoms with Crippen LogP contribution in [0.4, 0.5) is 5.69 Å². The molecule has 0 fully saturated rings. The number of halogens is 1. The number of hydrogen-bond donors (Lipinski definition) is 1. The number of nitriles is 1. The van der Waals surface area contributed by atoms with Crippen LogP contribution >= 0.6 is 15.9 Å². The van der Waals surface area contributed by atoms with Crippen molar-refractivity contribution in [1.82, 2.24) is 9.78 Å². The molecule has 0 aliphatic rings. The zero-order valence-electron chi connectivity index (χ0n) is 14.4. The third-order valence-corrected chi connectivity index (χ3v) is 4.49. The maximum Gasteiger partial charge on any atom is 0.285 e. The first-order valence-corrected chi connectivity index (χ1v) is 8.79. The van der Waals surface area contributed by atoms with E-state index in [9.17, 15) is 14.9 Å². The molecule has 25 heavy (non-hydrogen) atoms. The topological polar surface area (TPSA) is 87.8 Å². The number of carbonyl (C=O) groups is 1. The van der Waals surface area contributed by atoms with E-state index < -0.39 is 5.56 Å². The Balaban J connectivity index is 2.32. The second-order valence-corrected chi connectivity index (χ2v) is 6.47. The van der Waals surface area contributed by atoms with E-state index in [0.29, 0.717) is 29.8 Å². The number of aromatic nitrogens is 2. The third kappa shape index (κ3) is 4.15. The van der Waals surface area contributed by atoms with E-state index in [1.807, 2.05) is 39.0 Å². The van der Waals surface area contributed by atoms with E-state index in [2.05, 4.69) is 26.3 Å². The van der Waals surface area contributed by atoms with Gasteiger partial charge >= 0.3 is 0 Å². The van der Waals surface area contributed by atoms with Gasteiger partial charge in [-0.25, -0.2) is 4.68 Å². The number of hydrogen-bond acceptors (Lipinski definition) is 4. The molecule has 1 N–H and O–H groups in total. The first kappa shape index (κ1) is 18.9. The number of anilines is 1. The molecule has 0 atom stereocenters. The summed E-state index contributed by atoms with van der Waals surface area (Å²) >= 11 is 3.40. The van der Waals surface area contributed by atoms with Crippen LogP contribution in [-0.4, -0.2) is 15.7 Å². The number of benzene rings is 1. The standard InChI is InChI=1S/C18H19BrN4O2/c1-4-12-13(9-20)18(25)23(22-15(12)5-2)10-17(24)21-16-7-6-11(3)8-14(16)19/h6-8H,4-5,10H2,1-3H3,(H,21,24). The van der Waals surface area contributed by atoms with Gasteiger partial charge in [0.15, 0.2) is 0 Å². The average Bonchev–Trinajstić information content (AvgIpc) is 2.58. The molecule has 1 amide bonds. The lowest BCUT2D eigenvalue weighted by Gasteiger charge is -2.12. The largest absolute Gasteiger partial charge is 0.323 e. The summed E-state index contributed by atoms with van der Waals surface area (Å²) in [5, 5.41) is 16.3. The molecule has 6 nitrogen and oxygen atoms in total. The minimum absolute atomic E-state index is 0.0682. The normalized spacial score (nSPS) is 10.4. The van der Waals surface area contributed by atoms with Gasteiger partial charge in [0.25, 0.3) is 5.56 Å². The SMILES string of the molecule is CCc1nn(CC(=O)Nc2ccc(C)cc2Br)c(=O)c(C#N)c1CC. The Morgan fingerprint density at radius 1 is 1.36 bits per heavy atom. The van der Waals surface area contributed by atoms with Crippen LogP contribution in [0.1, 0.15) is 36.2 Å². The summed E-state index contributed by atoms with van der Waals surface area (Å²) < 4.78 is 1.82. The number of carbonyl (C=O) groups excluding carboxylic acids is 1. The molecule has 0 aliphatic carbocycles. The van der Waals surface area contributed by atoms with E-state index in [4.69, 9.17) is 0 Å². The van der Waals surface area contributed by atoms with Gasteiger partial charge in [0.2, 0.25) is 5.91 Å². The molecule has 2 aromatic rings.